The highest BCUT2D eigenvalue weighted by Crippen LogP contribution is 2.53. The summed E-state index contributed by atoms with van der Waals surface area (Å²) in [6.07, 6.45) is -4.07. The van der Waals surface area contributed by atoms with Crippen molar-refractivity contribution in [3.05, 3.63) is 51.6 Å². The predicted octanol–water partition coefficient (Wildman–Crippen LogP) is 0.410. The Morgan fingerprint density at radius 1 is 1.17 bits per heavy atom. The second-order valence-corrected chi connectivity index (χ2v) is 10.9. The van der Waals surface area contributed by atoms with Crippen LogP contribution in [-0.2, 0) is 15.9 Å². The summed E-state index contributed by atoms with van der Waals surface area (Å²) in [7, 11) is 1.35. The number of hydrogen-bond acceptors (Lipinski definition) is 12. The second kappa shape index (κ2) is 11.0. The smallest absolute Gasteiger partial charge is 0.202 e. The maximum Gasteiger partial charge on any atom is 0.202 e. The first-order valence-corrected chi connectivity index (χ1v) is 13.7. The van der Waals surface area contributed by atoms with E-state index in [-0.39, 0.29) is 52.8 Å². The number of aliphatic hydroxyl groups is 3. The molecule has 7 atom stereocenters. The molecule has 5 unspecified atom stereocenters. The van der Waals surface area contributed by atoms with Crippen LogP contribution < -0.4 is 15.8 Å². The molecule has 2 aromatic rings. The van der Waals surface area contributed by atoms with E-state index in [1.807, 2.05) is 0 Å². The number of hydrogen-bond donors (Lipinski definition) is 7. The molecule has 12 nitrogen and oxygen atoms in total. The van der Waals surface area contributed by atoms with Crippen molar-refractivity contribution in [1.82, 2.24) is 5.32 Å². The van der Waals surface area contributed by atoms with Crippen LogP contribution in [0.15, 0.2) is 18.2 Å². The highest BCUT2D eigenvalue weighted by molar-refractivity contribution is 6.31. The number of phenols is 2. The van der Waals surface area contributed by atoms with E-state index < -0.39 is 77.5 Å². The van der Waals surface area contributed by atoms with Crippen LogP contribution in [0.5, 0.6) is 17.2 Å². The molecule has 1 heterocycles. The zero-order valence-electron chi connectivity index (χ0n) is 23.1. The quantitative estimate of drug-likeness (QED) is 0.193. The summed E-state index contributed by atoms with van der Waals surface area (Å²) in [5, 5.41) is 58.4. The number of aromatic hydroxyl groups is 2. The van der Waals surface area contributed by atoms with Crippen LogP contribution in [0.1, 0.15) is 75.8 Å². The van der Waals surface area contributed by atoms with Crippen molar-refractivity contribution in [1.29, 1.82) is 0 Å². The minimum absolute atomic E-state index is 0.00777. The van der Waals surface area contributed by atoms with E-state index >= 15 is 0 Å². The lowest BCUT2D eigenvalue weighted by Crippen LogP contribution is -2.57. The monoisotopic (exact) mass is 572 g/mol. The molecule has 0 bridgehead atoms. The molecule has 222 valence electrons. The van der Waals surface area contributed by atoms with Gasteiger partial charge in [0, 0.05) is 42.0 Å². The molecule has 41 heavy (non-hydrogen) atoms. The van der Waals surface area contributed by atoms with Gasteiger partial charge in [-0.05, 0) is 19.5 Å². The zero-order valence-corrected chi connectivity index (χ0v) is 23.1. The topological polar surface area (TPSA) is 201 Å². The normalized spacial score (nSPS) is 29.9. The van der Waals surface area contributed by atoms with Crippen molar-refractivity contribution >= 4 is 11.6 Å². The third-order valence-corrected chi connectivity index (χ3v) is 8.45. The number of carbonyl (C=O) groups excluding carboxylic acids is 2. The van der Waals surface area contributed by atoms with Gasteiger partial charge in [0.1, 0.15) is 17.2 Å². The van der Waals surface area contributed by atoms with Crippen molar-refractivity contribution in [2.75, 3.05) is 20.3 Å². The van der Waals surface area contributed by atoms with Gasteiger partial charge in [-0.15, -0.1) is 0 Å². The first-order valence-electron chi connectivity index (χ1n) is 13.7. The molecule has 0 radical (unpaired) electrons. The predicted molar refractivity (Wildman–Crippen MR) is 144 cm³/mol. The van der Waals surface area contributed by atoms with Gasteiger partial charge in [0.05, 0.1) is 60.4 Å². The van der Waals surface area contributed by atoms with Crippen LogP contribution in [0.25, 0.3) is 0 Å². The molecular weight excluding hydrogens is 536 g/mol. The summed E-state index contributed by atoms with van der Waals surface area (Å²) in [6, 6.07) is 2.96. The minimum atomic E-state index is -1.70. The number of aliphatic hydroxyl groups excluding tert-OH is 2. The Morgan fingerprint density at radius 2 is 1.88 bits per heavy atom. The number of methoxy groups -OCH3 is 1. The molecule has 1 saturated heterocycles. The van der Waals surface area contributed by atoms with E-state index in [1.165, 1.54) is 19.2 Å². The number of ketones is 2. The molecule has 0 aromatic heterocycles. The first-order chi connectivity index (χ1) is 19.5. The van der Waals surface area contributed by atoms with Crippen LogP contribution in [0.4, 0.5) is 0 Å². The molecule has 3 aliphatic rings. The molecule has 12 heteroatoms. The van der Waals surface area contributed by atoms with Gasteiger partial charge in [-0.25, -0.2) is 0 Å². The molecule has 0 saturated carbocycles. The van der Waals surface area contributed by atoms with Gasteiger partial charge in [0.25, 0.3) is 0 Å². The highest BCUT2D eigenvalue weighted by Gasteiger charge is 2.50. The lowest BCUT2D eigenvalue weighted by Gasteiger charge is -2.45. The Kier molecular flexibility index (Phi) is 7.85. The molecule has 1 fully saturated rings. The Labute approximate surface area is 236 Å². The Morgan fingerprint density at radius 3 is 2.51 bits per heavy atom. The highest BCUT2D eigenvalue weighted by atomic mass is 16.7. The van der Waals surface area contributed by atoms with Crippen LogP contribution in [0.3, 0.4) is 0 Å². The van der Waals surface area contributed by atoms with E-state index in [0.29, 0.717) is 6.54 Å². The number of likely N-dealkylation sites (N-methyl/N-ethyl adjacent to an activating group) is 1. The first kappa shape index (κ1) is 29.4. The molecule has 2 aliphatic carbocycles. The second-order valence-electron chi connectivity index (χ2n) is 10.9. The fraction of sp³-hybridized carbons (Fsp3) is 0.517. The van der Waals surface area contributed by atoms with E-state index in [1.54, 1.807) is 19.9 Å². The van der Waals surface area contributed by atoms with Gasteiger partial charge in [-0.2, -0.15) is 0 Å². The Bertz CT molecular complexity index is 1370. The lowest BCUT2D eigenvalue weighted by molar-refractivity contribution is -0.248. The average Bonchev–Trinajstić information content (AvgIpc) is 2.94. The molecule has 1 aliphatic heterocycles. The van der Waals surface area contributed by atoms with Gasteiger partial charge in [-0.1, -0.05) is 19.1 Å². The van der Waals surface area contributed by atoms with E-state index in [4.69, 9.17) is 19.9 Å². The number of benzene rings is 2. The Hall–Kier alpha value is -3.10. The van der Waals surface area contributed by atoms with Gasteiger partial charge in [0.15, 0.2) is 12.1 Å². The third kappa shape index (κ3) is 4.69. The van der Waals surface area contributed by atoms with Crippen LogP contribution >= 0.6 is 0 Å². The SMILES string of the molecule is CCNC(CO)[C@]1(O)Cc2c(O)c3c(c(O)c2[C@@H](OC2CC(N)C(O)C(C)O2)C1)C(=O)c1c(OC)cccc1C3=O. The molecule has 2 aromatic carbocycles. The van der Waals surface area contributed by atoms with E-state index in [9.17, 15) is 35.1 Å². The largest absolute Gasteiger partial charge is 0.507 e. The fourth-order valence-electron chi connectivity index (χ4n) is 6.36. The number of nitrogens with one attached hydrogen (secondary N) is 1. The summed E-state index contributed by atoms with van der Waals surface area (Å²) in [5.74, 6) is -2.39. The minimum Gasteiger partial charge on any atom is -0.507 e. The van der Waals surface area contributed by atoms with E-state index in [2.05, 4.69) is 5.32 Å². The van der Waals surface area contributed by atoms with Gasteiger partial charge < -0.3 is 50.8 Å². The van der Waals surface area contributed by atoms with Crippen LogP contribution in [0, 0.1) is 0 Å². The molecular formula is C29H36N2O10. The molecule has 8 N–H and O–H groups in total. The number of ether oxygens (including phenoxy) is 3. The summed E-state index contributed by atoms with van der Waals surface area (Å²) in [6.45, 7) is 3.39. The number of phenolic OH excluding ortho intramolecular Hbond substituents is 2. The van der Waals surface area contributed by atoms with Gasteiger partial charge in [-0.3, -0.25) is 9.59 Å². The lowest BCUT2D eigenvalue weighted by atomic mass is 9.71. The summed E-state index contributed by atoms with van der Waals surface area (Å²) >= 11 is 0. The summed E-state index contributed by atoms with van der Waals surface area (Å²) in [5.41, 5.74) is 3.61. The van der Waals surface area contributed by atoms with Crippen molar-refractivity contribution < 1.29 is 49.3 Å². The summed E-state index contributed by atoms with van der Waals surface area (Å²) < 4.78 is 17.4. The van der Waals surface area contributed by atoms with Gasteiger partial charge >= 0.3 is 0 Å². The van der Waals surface area contributed by atoms with Gasteiger partial charge in [0.2, 0.25) is 5.78 Å². The molecule has 0 amide bonds. The standard InChI is InChI=1S/C29H36N2O10/c1-4-31-18(11-32)29(38)9-14-21(17(10-29)41-19-8-15(30)24(33)12(2)40-19)28(37)23-22(26(14)35)25(34)13-6-5-7-16(39-3)20(13)27(23)36/h5-7,12,15,17-19,24,31-33,35,37-38H,4,8-11,30H2,1-3H3/t12?,15?,17-,18?,19?,24?,29-/m0/s1. The number of fused-ring (bicyclic) bond motifs is 3. The van der Waals surface area contributed by atoms with Crippen molar-refractivity contribution in [3.8, 4) is 17.2 Å². The number of rotatable bonds is 7. The molecule has 0 spiro atoms. The fourth-order valence-corrected chi connectivity index (χ4v) is 6.36. The van der Waals surface area contributed by atoms with Crippen molar-refractivity contribution in [2.24, 2.45) is 5.73 Å². The number of carbonyl (C=O) groups is 2. The zero-order chi connectivity index (χ0) is 29.8. The van der Waals surface area contributed by atoms with Crippen LogP contribution in [0.2, 0.25) is 0 Å². The number of nitrogens with two attached hydrogens (primary N) is 1. The van der Waals surface area contributed by atoms with E-state index in [0.717, 1.165) is 0 Å². The average molecular weight is 573 g/mol. The maximum absolute atomic E-state index is 13.8. The van der Waals surface area contributed by atoms with Crippen LogP contribution in [-0.4, -0.2) is 93.5 Å². The third-order valence-electron chi connectivity index (χ3n) is 8.45. The summed E-state index contributed by atoms with van der Waals surface area (Å²) in [4.78, 5) is 27.4. The maximum atomic E-state index is 13.8. The Balaban J connectivity index is 1.68. The van der Waals surface area contributed by atoms with Crippen molar-refractivity contribution in [3.63, 3.8) is 0 Å². The molecule has 5 rings (SSSR count). The van der Waals surface area contributed by atoms with Crippen molar-refractivity contribution in [2.45, 2.75) is 75.4 Å².